The lowest BCUT2D eigenvalue weighted by Crippen LogP contribution is -2.19. The maximum atomic E-state index is 5.65. The van der Waals surface area contributed by atoms with Crippen LogP contribution < -0.4 is 10.6 Å². The Balaban J connectivity index is 2.19. The van der Waals surface area contributed by atoms with Gasteiger partial charge in [-0.2, -0.15) is 0 Å². The van der Waals surface area contributed by atoms with Crippen molar-refractivity contribution < 1.29 is 0 Å². The second-order valence-electron chi connectivity index (χ2n) is 4.84. The summed E-state index contributed by atoms with van der Waals surface area (Å²) < 4.78 is 1.12. The van der Waals surface area contributed by atoms with Crippen LogP contribution in [0.1, 0.15) is 19.4 Å². The highest BCUT2D eigenvalue weighted by atomic mass is 79.9. The molecule has 3 heteroatoms. The third-order valence-electron chi connectivity index (χ3n) is 3.61. The molecule has 2 atom stereocenters. The number of nitrogens with two attached hydrogens (primary N) is 1. The molecule has 1 aliphatic heterocycles. The normalized spacial score (nSPS) is 25.1. The molecule has 1 aromatic rings. The molecule has 88 valence electrons. The maximum absolute atomic E-state index is 5.65. The van der Waals surface area contributed by atoms with E-state index in [1.807, 2.05) is 0 Å². The minimum Gasteiger partial charge on any atom is -0.371 e. The Labute approximate surface area is 106 Å². The van der Waals surface area contributed by atoms with E-state index in [1.165, 1.54) is 11.3 Å². The smallest absolute Gasteiger partial charge is 0.0377 e. The number of hydrogen-bond acceptors (Lipinski definition) is 2. The summed E-state index contributed by atoms with van der Waals surface area (Å²) in [6.07, 6.45) is 0. The summed E-state index contributed by atoms with van der Waals surface area (Å²) in [7, 11) is 0. The summed E-state index contributed by atoms with van der Waals surface area (Å²) in [5, 5.41) is 0. The zero-order valence-corrected chi connectivity index (χ0v) is 11.5. The predicted octanol–water partition coefficient (Wildman–Crippen LogP) is 3.00. The molecular formula is C13H19BrN2. The second kappa shape index (κ2) is 4.76. The van der Waals surface area contributed by atoms with Gasteiger partial charge in [-0.3, -0.25) is 0 Å². The van der Waals surface area contributed by atoms with Crippen LogP contribution in [0, 0.1) is 11.8 Å². The van der Waals surface area contributed by atoms with Crippen LogP contribution in [0.3, 0.4) is 0 Å². The van der Waals surface area contributed by atoms with Crippen molar-refractivity contribution >= 4 is 21.6 Å². The lowest BCUT2D eigenvalue weighted by molar-refractivity contribution is 0.494. The molecule has 1 saturated heterocycles. The largest absolute Gasteiger partial charge is 0.371 e. The third-order valence-corrected chi connectivity index (χ3v) is 4.35. The van der Waals surface area contributed by atoms with Crippen molar-refractivity contribution in [3.8, 4) is 0 Å². The van der Waals surface area contributed by atoms with Gasteiger partial charge in [0.1, 0.15) is 0 Å². The Kier molecular flexibility index (Phi) is 3.55. The van der Waals surface area contributed by atoms with E-state index in [0.29, 0.717) is 6.54 Å². The van der Waals surface area contributed by atoms with E-state index in [1.54, 1.807) is 0 Å². The van der Waals surface area contributed by atoms with E-state index >= 15 is 0 Å². The molecule has 1 aromatic carbocycles. The van der Waals surface area contributed by atoms with Crippen molar-refractivity contribution in [3.63, 3.8) is 0 Å². The second-order valence-corrected chi connectivity index (χ2v) is 5.69. The van der Waals surface area contributed by atoms with Gasteiger partial charge in [0.05, 0.1) is 0 Å². The molecule has 1 fully saturated rings. The predicted molar refractivity (Wildman–Crippen MR) is 72.6 cm³/mol. The third kappa shape index (κ3) is 2.25. The minimum atomic E-state index is 0.591. The molecule has 0 aromatic heterocycles. The molecule has 0 saturated carbocycles. The first kappa shape index (κ1) is 11.9. The van der Waals surface area contributed by atoms with Crippen LogP contribution in [0.4, 0.5) is 5.69 Å². The number of anilines is 1. The molecule has 0 aliphatic carbocycles. The van der Waals surface area contributed by atoms with Gasteiger partial charge in [-0.15, -0.1) is 0 Å². The molecule has 0 amide bonds. The number of hydrogen-bond donors (Lipinski definition) is 1. The summed E-state index contributed by atoms with van der Waals surface area (Å²) in [5.74, 6) is 1.57. The van der Waals surface area contributed by atoms with Gasteiger partial charge in [-0.05, 0) is 29.5 Å². The van der Waals surface area contributed by atoms with E-state index in [4.69, 9.17) is 5.73 Å². The van der Waals surface area contributed by atoms with E-state index in [9.17, 15) is 0 Å². The first-order chi connectivity index (χ1) is 7.61. The Morgan fingerprint density at radius 1 is 1.31 bits per heavy atom. The Hall–Kier alpha value is -0.540. The van der Waals surface area contributed by atoms with Gasteiger partial charge in [-0.1, -0.05) is 35.8 Å². The fraction of sp³-hybridized carbons (Fsp3) is 0.538. The molecular weight excluding hydrogens is 264 g/mol. The van der Waals surface area contributed by atoms with Crippen LogP contribution in [0.2, 0.25) is 0 Å². The van der Waals surface area contributed by atoms with Crippen molar-refractivity contribution in [2.24, 2.45) is 17.6 Å². The summed E-state index contributed by atoms with van der Waals surface area (Å²) in [6.45, 7) is 7.57. The van der Waals surface area contributed by atoms with Gasteiger partial charge >= 0.3 is 0 Å². The zero-order valence-electron chi connectivity index (χ0n) is 9.91. The molecule has 2 nitrogen and oxygen atoms in total. The standard InChI is InChI=1S/C13H19BrN2/c1-9-7-16(8-10(9)2)12-4-3-11(6-15)13(14)5-12/h3-5,9-10H,6-8,15H2,1-2H3. The summed E-state index contributed by atoms with van der Waals surface area (Å²) in [5.41, 5.74) is 8.13. The molecule has 2 rings (SSSR count). The number of nitrogens with zero attached hydrogens (tertiary/aromatic N) is 1. The number of halogens is 1. The van der Waals surface area contributed by atoms with Gasteiger partial charge in [0.15, 0.2) is 0 Å². The van der Waals surface area contributed by atoms with E-state index < -0.39 is 0 Å². The van der Waals surface area contributed by atoms with Crippen LogP contribution >= 0.6 is 15.9 Å². The molecule has 1 heterocycles. The Bertz CT molecular complexity index is 368. The fourth-order valence-corrected chi connectivity index (χ4v) is 2.77. The van der Waals surface area contributed by atoms with Crippen LogP contribution in [0.5, 0.6) is 0 Å². The maximum Gasteiger partial charge on any atom is 0.0377 e. The molecule has 2 N–H and O–H groups in total. The van der Waals surface area contributed by atoms with Crippen LogP contribution in [-0.2, 0) is 6.54 Å². The lowest BCUT2D eigenvalue weighted by Gasteiger charge is -2.19. The molecule has 0 spiro atoms. The van der Waals surface area contributed by atoms with Crippen molar-refractivity contribution in [1.29, 1.82) is 0 Å². The topological polar surface area (TPSA) is 29.3 Å². The van der Waals surface area contributed by atoms with Crippen molar-refractivity contribution in [2.45, 2.75) is 20.4 Å². The van der Waals surface area contributed by atoms with E-state index in [0.717, 1.165) is 29.4 Å². The highest BCUT2D eigenvalue weighted by Gasteiger charge is 2.26. The van der Waals surface area contributed by atoms with Gasteiger partial charge in [0.25, 0.3) is 0 Å². The minimum absolute atomic E-state index is 0.591. The molecule has 16 heavy (non-hydrogen) atoms. The number of benzene rings is 1. The van der Waals surface area contributed by atoms with Crippen LogP contribution in [0.25, 0.3) is 0 Å². The van der Waals surface area contributed by atoms with Gasteiger partial charge in [0.2, 0.25) is 0 Å². The molecule has 1 aliphatic rings. The van der Waals surface area contributed by atoms with Gasteiger partial charge < -0.3 is 10.6 Å². The Morgan fingerprint density at radius 3 is 2.44 bits per heavy atom. The number of rotatable bonds is 2. The molecule has 0 radical (unpaired) electrons. The highest BCUT2D eigenvalue weighted by molar-refractivity contribution is 9.10. The summed E-state index contributed by atoms with van der Waals surface area (Å²) >= 11 is 3.58. The SMILES string of the molecule is CC1CN(c2ccc(CN)c(Br)c2)CC1C. The van der Waals surface area contributed by atoms with Crippen LogP contribution in [-0.4, -0.2) is 13.1 Å². The van der Waals surface area contributed by atoms with Gasteiger partial charge in [-0.25, -0.2) is 0 Å². The molecule has 2 unspecified atom stereocenters. The Morgan fingerprint density at radius 2 is 1.94 bits per heavy atom. The fourth-order valence-electron chi connectivity index (χ4n) is 2.24. The first-order valence-corrected chi connectivity index (χ1v) is 6.64. The van der Waals surface area contributed by atoms with Crippen molar-refractivity contribution in [1.82, 2.24) is 0 Å². The molecule has 0 bridgehead atoms. The summed E-state index contributed by atoms with van der Waals surface area (Å²) in [4.78, 5) is 2.46. The van der Waals surface area contributed by atoms with E-state index in [2.05, 4.69) is 52.9 Å². The van der Waals surface area contributed by atoms with Crippen molar-refractivity contribution in [2.75, 3.05) is 18.0 Å². The van der Waals surface area contributed by atoms with Gasteiger partial charge in [0, 0.05) is 29.8 Å². The van der Waals surface area contributed by atoms with Crippen molar-refractivity contribution in [3.05, 3.63) is 28.2 Å². The average Bonchev–Trinajstić information content (AvgIpc) is 2.59. The van der Waals surface area contributed by atoms with Crippen LogP contribution in [0.15, 0.2) is 22.7 Å². The van der Waals surface area contributed by atoms with E-state index in [-0.39, 0.29) is 0 Å². The monoisotopic (exact) mass is 282 g/mol. The first-order valence-electron chi connectivity index (χ1n) is 5.85. The average molecular weight is 283 g/mol. The zero-order chi connectivity index (χ0) is 11.7. The lowest BCUT2D eigenvalue weighted by atomic mass is 10.0. The quantitative estimate of drug-likeness (QED) is 0.904. The highest BCUT2D eigenvalue weighted by Crippen LogP contribution is 2.30. The summed E-state index contributed by atoms with van der Waals surface area (Å²) in [6, 6.07) is 6.48.